The summed E-state index contributed by atoms with van der Waals surface area (Å²) >= 11 is 0. The van der Waals surface area contributed by atoms with E-state index in [2.05, 4.69) is 68.5 Å². The van der Waals surface area contributed by atoms with Crippen LogP contribution >= 0.6 is 0 Å². The SMILES string of the molecule is CCC=CCC=CCCOC(CCC#N)OCCC=CCC=CCC. The van der Waals surface area contributed by atoms with E-state index in [1.165, 1.54) is 0 Å². The summed E-state index contributed by atoms with van der Waals surface area (Å²) in [5, 5.41) is 8.74. The van der Waals surface area contributed by atoms with E-state index in [-0.39, 0.29) is 6.29 Å². The zero-order valence-corrected chi connectivity index (χ0v) is 16.0. The highest BCUT2D eigenvalue weighted by atomic mass is 16.7. The Morgan fingerprint density at radius 1 is 0.760 bits per heavy atom. The van der Waals surface area contributed by atoms with Crippen LogP contribution in [0.25, 0.3) is 0 Å². The lowest BCUT2D eigenvalue weighted by Gasteiger charge is -2.16. The van der Waals surface area contributed by atoms with E-state index < -0.39 is 0 Å². The smallest absolute Gasteiger partial charge is 0.158 e. The predicted octanol–water partition coefficient (Wildman–Crippen LogP) is 6.25. The second-order valence-corrected chi connectivity index (χ2v) is 5.62. The molecular formula is C22H35NO2. The first kappa shape index (κ1) is 23.4. The van der Waals surface area contributed by atoms with Crippen LogP contribution in [-0.2, 0) is 9.47 Å². The summed E-state index contributed by atoms with van der Waals surface area (Å²) in [5.41, 5.74) is 0. The van der Waals surface area contributed by atoms with Gasteiger partial charge in [0.25, 0.3) is 0 Å². The van der Waals surface area contributed by atoms with Crippen LogP contribution in [0.15, 0.2) is 48.6 Å². The van der Waals surface area contributed by atoms with Crippen molar-refractivity contribution in [2.45, 2.75) is 71.5 Å². The van der Waals surface area contributed by atoms with Crippen LogP contribution in [0, 0.1) is 11.3 Å². The van der Waals surface area contributed by atoms with Crippen LogP contribution in [0.1, 0.15) is 65.2 Å². The molecule has 0 aliphatic carbocycles. The molecule has 0 saturated heterocycles. The molecular weight excluding hydrogens is 310 g/mol. The molecule has 0 unspecified atom stereocenters. The van der Waals surface area contributed by atoms with Gasteiger partial charge in [0.1, 0.15) is 0 Å². The molecule has 3 heteroatoms. The monoisotopic (exact) mass is 345 g/mol. The molecule has 0 aliphatic heterocycles. The molecule has 0 radical (unpaired) electrons. The second-order valence-electron chi connectivity index (χ2n) is 5.62. The lowest BCUT2D eigenvalue weighted by molar-refractivity contribution is -0.143. The van der Waals surface area contributed by atoms with E-state index in [9.17, 15) is 0 Å². The molecule has 0 atom stereocenters. The van der Waals surface area contributed by atoms with Crippen LogP contribution < -0.4 is 0 Å². The van der Waals surface area contributed by atoms with E-state index in [4.69, 9.17) is 14.7 Å². The number of hydrogen-bond donors (Lipinski definition) is 0. The lowest BCUT2D eigenvalue weighted by atomic mass is 10.3. The van der Waals surface area contributed by atoms with Crippen LogP contribution in [-0.4, -0.2) is 19.5 Å². The molecule has 0 aromatic carbocycles. The predicted molar refractivity (Wildman–Crippen MR) is 106 cm³/mol. The van der Waals surface area contributed by atoms with Crippen LogP contribution in [0.2, 0.25) is 0 Å². The van der Waals surface area contributed by atoms with Gasteiger partial charge in [-0.15, -0.1) is 0 Å². The van der Waals surface area contributed by atoms with Gasteiger partial charge in [-0.05, 0) is 38.5 Å². The maximum atomic E-state index is 8.74. The molecule has 140 valence electrons. The Bertz CT molecular complexity index is 398. The molecule has 0 fully saturated rings. The molecule has 0 saturated carbocycles. The van der Waals surface area contributed by atoms with Gasteiger partial charge in [-0.3, -0.25) is 0 Å². The van der Waals surface area contributed by atoms with Gasteiger partial charge in [-0.1, -0.05) is 62.5 Å². The molecule has 0 amide bonds. The number of nitriles is 1. The molecule has 0 spiro atoms. The average molecular weight is 346 g/mol. The number of rotatable bonds is 16. The molecule has 0 aliphatic rings. The molecule has 0 heterocycles. The molecule has 25 heavy (non-hydrogen) atoms. The molecule has 0 rings (SSSR count). The van der Waals surface area contributed by atoms with Gasteiger partial charge in [-0.25, -0.2) is 0 Å². The van der Waals surface area contributed by atoms with Gasteiger partial charge in [0.15, 0.2) is 6.29 Å². The first-order valence-electron chi connectivity index (χ1n) is 9.55. The van der Waals surface area contributed by atoms with Crippen molar-refractivity contribution in [2.75, 3.05) is 13.2 Å². The Balaban J connectivity index is 3.86. The third kappa shape index (κ3) is 18.5. The van der Waals surface area contributed by atoms with Crippen molar-refractivity contribution in [1.82, 2.24) is 0 Å². The first-order valence-corrected chi connectivity index (χ1v) is 9.55. The molecule has 0 bridgehead atoms. The summed E-state index contributed by atoms with van der Waals surface area (Å²) in [5.74, 6) is 0. The van der Waals surface area contributed by atoms with Crippen molar-refractivity contribution >= 4 is 0 Å². The molecule has 0 aromatic rings. The summed E-state index contributed by atoms with van der Waals surface area (Å²) in [6, 6.07) is 2.16. The van der Waals surface area contributed by atoms with Crippen molar-refractivity contribution in [1.29, 1.82) is 5.26 Å². The summed E-state index contributed by atoms with van der Waals surface area (Å²) in [6.45, 7) is 5.52. The van der Waals surface area contributed by atoms with E-state index in [1.54, 1.807) is 0 Å². The lowest BCUT2D eigenvalue weighted by Crippen LogP contribution is -2.18. The minimum atomic E-state index is -0.276. The second kappa shape index (κ2) is 20.4. The van der Waals surface area contributed by atoms with Gasteiger partial charge >= 0.3 is 0 Å². The fourth-order valence-electron chi connectivity index (χ4n) is 2.04. The van der Waals surface area contributed by atoms with Gasteiger partial charge in [-0.2, -0.15) is 5.26 Å². The molecule has 3 nitrogen and oxygen atoms in total. The maximum Gasteiger partial charge on any atom is 0.158 e. The summed E-state index contributed by atoms with van der Waals surface area (Å²) in [7, 11) is 0. The first-order chi connectivity index (χ1) is 12.3. The van der Waals surface area contributed by atoms with E-state index in [0.29, 0.717) is 26.1 Å². The Kier molecular flexibility index (Phi) is 19.1. The summed E-state index contributed by atoms with van der Waals surface area (Å²) in [6.07, 6.45) is 23.9. The van der Waals surface area contributed by atoms with Crippen LogP contribution in [0.5, 0.6) is 0 Å². The van der Waals surface area contributed by atoms with Crippen LogP contribution in [0.4, 0.5) is 0 Å². The van der Waals surface area contributed by atoms with E-state index >= 15 is 0 Å². The number of ether oxygens (including phenoxy) is 2. The van der Waals surface area contributed by atoms with Crippen molar-refractivity contribution in [3.05, 3.63) is 48.6 Å². The van der Waals surface area contributed by atoms with E-state index in [1.807, 2.05) is 0 Å². The highest BCUT2D eigenvalue weighted by Gasteiger charge is 2.08. The minimum Gasteiger partial charge on any atom is -0.352 e. The number of hydrogen-bond acceptors (Lipinski definition) is 3. The highest BCUT2D eigenvalue weighted by Crippen LogP contribution is 2.06. The largest absolute Gasteiger partial charge is 0.352 e. The van der Waals surface area contributed by atoms with Gasteiger partial charge in [0.2, 0.25) is 0 Å². The summed E-state index contributed by atoms with van der Waals surface area (Å²) < 4.78 is 11.5. The van der Waals surface area contributed by atoms with Crippen molar-refractivity contribution in [3.8, 4) is 6.07 Å². The molecule has 0 N–H and O–H groups in total. The van der Waals surface area contributed by atoms with Crippen molar-refractivity contribution < 1.29 is 9.47 Å². The Morgan fingerprint density at radius 3 is 1.68 bits per heavy atom. The zero-order valence-electron chi connectivity index (χ0n) is 16.0. The van der Waals surface area contributed by atoms with Crippen molar-refractivity contribution in [2.24, 2.45) is 0 Å². The average Bonchev–Trinajstić information content (AvgIpc) is 2.63. The summed E-state index contributed by atoms with van der Waals surface area (Å²) in [4.78, 5) is 0. The highest BCUT2D eigenvalue weighted by molar-refractivity contribution is 4.93. The maximum absolute atomic E-state index is 8.74. The standard InChI is InChI=1S/C22H35NO2/c1-3-5-7-9-11-13-15-20-24-22(18-17-19-23)25-21-16-14-12-10-8-6-4-2/h5-8,11-14,22H,3-4,9-10,15-18,20-21H2,1-2H3. The third-order valence-corrected chi connectivity index (χ3v) is 3.35. The van der Waals surface area contributed by atoms with Gasteiger partial charge in [0.05, 0.1) is 19.3 Å². The normalized spacial score (nSPS) is 13.5. The van der Waals surface area contributed by atoms with E-state index in [0.717, 1.165) is 38.5 Å². The zero-order chi connectivity index (χ0) is 18.4. The van der Waals surface area contributed by atoms with Gasteiger partial charge in [0, 0.05) is 12.8 Å². The number of allylic oxidation sites excluding steroid dienone is 6. The Hall–Kier alpha value is -1.63. The van der Waals surface area contributed by atoms with Crippen molar-refractivity contribution in [3.63, 3.8) is 0 Å². The fraction of sp³-hybridized carbons (Fsp3) is 0.591. The topological polar surface area (TPSA) is 42.2 Å². The van der Waals surface area contributed by atoms with Gasteiger partial charge < -0.3 is 9.47 Å². The Morgan fingerprint density at radius 2 is 1.24 bits per heavy atom. The fourth-order valence-corrected chi connectivity index (χ4v) is 2.04. The minimum absolute atomic E-state index is 0.276. The quantitative estimate of drug-likeness (QED) is 0.188. The molecule has 0 aromatic heterocycles. The number of nitrogens with zero attached hydrogens (tertiary/aromatic N) is 1. The van der Waals surface area contributed by atoms with Crippen LogP contribution in [0.3, 0.4) is 0 Å². The third-order valence-electron chi connectivity index (χ3n) is 3.35. The Labute approximate surface area is 154 Å².